The summed E-state index contributed by atoms with van der Waals surface area (Å²) in [5.74, 6) is -0.412. The van der Waals surface area contributed by atoms with Gasteiger partial charge in [-0.3, -0.25) is 9.48 Å². The first-order valence-electron chi connectivity index (χ1n) is 10.2. The third-order valence-corrected chi connectivity index (χ3v) is 5.19. The molecular weight excluding hydrogens is 395 g/mol. The smallest absolute Gasteiger partial charge is 0.252 e. The number of benzene rings is 1. The predicted molar refractivity (Wildman–Crippen MR) is 117 cm³/mol. The average molecular weight is 420 g/mol. The molecule has 1 aromatic carbocycles. The zero-order chi connectivity index (χ0) is 22.1. The van der Waals surface area contributed by atoms with Crippen molar-refractivity contribution in [2.45, 2.75) is 34.2 Å². The number of para-hydroxylation sites is 1. The first kappa shape index (κ1) is 20.7. The third kappa shape index (κ3) is 4.19. The molecule has 4 aromatic rings. The molecule has 160 valence electrons. The van der Waals surface area contributed by atoms with Gasteiger partial charge in [-0.2, -0.15) is 10.2 Å². The van der Waals surface area contributed by atoms with Gasteiger partial charge < -0.3 is 5.32 Å². The summed E-state index contributed by atoms with van der Waals surface area (Å²) < 4.78 is 17.7. The summed E-state index contributed by atoms with van der Waals surface area (Å²) in [5.41, 5.74) is 3.96. The standard InChI is InChI=1S/C23H25FN6O/c1-14(13-29-17(4)9-16(3)28-29)11-25-23(31)18-10-15(2)27-22-19(18)12-26-30(22)21-8-6-5-7-20(21)24/h5-10,12,14H,11,13H2,1-4H3,(H,25,31)/t14-/m1/s1. The summed E-state index contributed by atoms with van der Waals surface area (Å²) >= 11 is 0. The number of pyridine rings is 1. The second kappa shape index (κ2) is 8.29. The molecule has 0 saturated carbocycles. The molecule has 0 aliphatic carbocycles. The van der Waals surface area contributed by atoms with Gasteiger partial charge in [0.25, 0.3) is 5.91 Å². The summed E-state index contributed by atoms with van der Waals surface area (Å²) in [5, 5.41) is 12.4. The highest BCUT2D eigenvalue weighted by Gasteiger charge is 2.18. The van der Waals surface area contributed by atoms with Crippen LogP contribution in [0.3, 0.4) is 0 Å². The lowest BCUT2D eigenvalue weighted by Crippen LogP contribution is -2.30. The Balaban J connectivity index is 1.56. The van der Waals surface area contributed by atoms with Crippen LogP contribution in [0, 0.1) is 32.5 Å². The van der Waals surface area contributed by atoms with Gasteiger partial charge in [-0.25, -0.2) is 14.1 Å². The second-order valence-corrected chi connectivity index (χ2v) is 7.98. The van der Waals surface area contributed by atoms with E-state index in [4.69, 9.17) is 0 Å². The van der Waals surface area contributed by atoms with Gasteiger partial charge in [0.15, 0.2) is 5.65 Å². The minimum absolute atomic E-state index is 0.196. The summed E-state index contributed by atoms with van der Waals surface area (Å²) in [7, 11) is 0. The molecule has 1 atom stereocenters. The zero-order valence-electron chi connectivity index (χ0n) is 18.1. The highest BCUT2D eigenvalue weighted by Crippen LogP contribution is 2.22. The van der Waals surface area contributed by atoms with E-state index in [1.807, 2.05) is 24.6 Å². The number of hydrogen-bond donors (Lipinski definition) is 1. The van der Waals surface area contributed by atoms with Crippen LogP contribution in [0.15, 0.2) is 42.6 Å². The molecule has 4 rings (SSSR count). The van der Waals surface area contributed by atoms with Crippen molar-refractivity contribution in [3.8, 4) is 5.69 Å². The van der Waals surface area contributed by atoms with Crippen molar-refractivity contribution in [1.29, 1.82) is 0 Å². The van der Waals surface area contributed by atoms with E-state index in [2.05, 4.69) is 27.4 Å². The van der Waals surface area contributed by atoms with Gasteiger partial charge in [0.2, 0.25) is 0 Å². The molecule has 0 radical (unpaired) electrons. The first-order chi connectivity index (χ1) is 14.8. The Morgan fingerprint density at radius 2 is 1.94 bits per heavy atom. The Kier molecular flexibility index (Phi) is 5.54. The minimum atomic E-state index is -0.403. The molecule has 3 aromatic heterocycles. The van der Waals surface area contributed by atoms with Gasteiger partial charge in [0.1, 0.15) is 11.5 Å². The monoisotopic (exact) mass is 420 g/mol. The van der Waals surface area contributed by atoms with E-state index in [9.17, 15) is 9.18 Å². The van der Waals surface area contributed by atoms with Crippen LogP contribution in [0.1, 0.15) is 34.4 Å². The minimum Gasteiger partial charge on any atom is -0.352 e. The number of nitrogens with one attached hydrogen (secondary N) is 1. The lowest BCUT2D eigenvalue weighted by atomic mass is 10.1. The SMILES string of the molecule is Cc1cc(C(=O)NC[C@@H](C)Cn2nc(C)cc2C)c2cnn(-c3ccccc3F)c2n1. The molecule has 0 aliphatic rings. The third-order valence-electron chi connectivity index (χ3n) is 5.19. The molecule has 1 amide bonds. The van der Waals surface area contributed by atoms with Gasteiger partial charge in [-0.1, -0.05) is 19.1 Å². The number of fused-ring (bicyclic) bond motifs is 1. The number of aryl methyl sites for hydroxylation is 3. The van der Waals surface area contributed by atoms with Crippen molar-refractivity contribution < 1.29 is 9.18 Å². The summed E-state index contributed by atoms with van der Waals surface area (Å²) in [6.45, 7) is 9.08. The van der Waals surface area contributed by atoms with Crippen LogP contribution in [0.4, 0.5) is 4.39 Å². The van der Waals surface area contributed by atoms with Crippen molar-refractivity contribution in [1.82, 2.24) is 29.9 Å². The maximum atomic E-state index is 14.3. The van der Waals surface area contributed by atoms with Gasteiger partial charge in [0.05, 0.1) is 22.8 Å². The molecule has 0 fully saturated rings. The van der Waals surface area contributed by atoms with Gasteiger partial charge in [0, 0.05) is 24.5 Å². The van der Waals surface area contributed by atoms with Crippen molar-refractivity contribution in [2.24, 2.45) is 5.92 Å². The molecule has 1 N–H and O–H groups in total. The predicted octanol–water partition coefficient (Wildman–Crippen LogP) is 3.75. The maximum absolute atomic E-state index is 14.3. The van der Waals surface area contributed by atoms with Crippen LogP contribution < -0.4 is 5.32 Å². The van der Waals surface area contributed by atoms with Gasteiger partial charge >= 0.3 is 0 Å². The molecule has 0 bridgehead atoms. The molecular formula is C23H25FN6O. The molecule has 31 heavy (non-hydrogen) atoms. The van der Waals surface area contributed by atoms with E-state index in [0.717, 1.165) is 17.9 Å². The average Bonchev–Trinajstić information content (AvgIpc) is 3.28. The molecule has 7 nitrogen and oxygen atoms in total. The Hall–Kier alpha value is -3.55. The van der Waals surface area contributed by atoms with E-state index in [-0.39, 0.29) is 11.8 Å². The van der Waals surface area contributed by atoms with Gasteiger partial charge in [-0.15, -0.1) is 0 Å². The van der Waals surface area contributed by atoms with Crippen LogP contribution >= 0.6 is 0 Å². The fraction of sp³-hybridized carbons (Fsp3) is 0.304. The second-order valence-electron chi connectivity index (χ2n) is 7.98. The van der Waals surface area contributed by atoms with E-state index < -0.39 is 5.82 Å². The number of carbonyl (C=O) groups is 1. The maximum Gasteiger partial charge on any atom is 0.252 e. The van der Waals surface area contributed by atoms with Crippen LogP contribution in [0.5, 0.6) is 0 Å². The van der Waals surface area contributed by atoms with Crippen LogP contribution in [-0.4, -0.2) is 37.0 Å². The Labute approximate surface area is 179 Å². The number of amides is 1. The summed E-state index contributed by atoms with van der Waals surface area (Å²) in [6, 6.07) is 10.1. The molecule has 0 saturated heterocycles. The lowest BCUT2D eigenvalue weighted by molar-refractivity contribution is 0.0948. The first-order valence-corrected chi connectivity index (χ1v) is 10.2. The molecule has 0 unspecified atom stereocenters. The highest BCUT2D eigenvalue weighted by molar-refractivity contribution is 6.05. The molecule has 0 spiro atoms. The normalized spacial score (nSPS) is 12.3. The van der Waals surface area contributed by atoms with Crippen molar-refractivity contribution in [3.63, 3.8) is 0 Å². The number of carbonyl (C=O) groups excluding carboxylic acids is 1. The fourth-order valence-corrected chi connectivity index (χ4v) is 3.69. The molecule has 8 heteroatoms. The number of aromatic nitrogens is 5. The number of rotatable bonds is 6. The topological polar surface area (TPSA) is 77.6 Å². The Morgan fingerprint density at radius 1 is 1.16 bits per heavy atom. The number of hydrogen-bond acceptors (Lipinski definition) is 4. The Bertz CT molecular complexity index is 1260. The molecule has 3 heterocycles. The van der Waals surface area contributed by atoms with Crippen LogP contribution in [0.2, 0.25) is 0 Å². The zero-order valence-corrected chi connectivity index (χ0v) is 18.1. The van der Waals surface area contributed by atoms with Crippen LogP contribution in [-0.2, 0) is 6.54 Å². The van der Waals surface area contributed by atoms with Crippen molar-refractivity contribution >= 4 is 16.9 Å². The largest absolute Gasteiger partial charge is 0.352 e. The van der Waals surface area contributed by atoms with Crippen molar-refractivity contribution in [3.05, 3.63) is 71.1 Å². The molecule has 0 aliphatic heterocycles. The summed E-state index contributed by atoms with van der Waals surface area (Å²) in [6.07, 6.45) is 1.56. The fourth-order valence-electron chi connectivity index (χ4n) is 3.69. The van der Waals surface area contributed by atoms with Gasteiger partial charge in [-0.05, 0) is 51.0 Å². The van der Waals surface area contributed by atoms with E-state index in [1.54, 1.807) is 37.4 Å². The van der Waals surface area contributed by atoms with E-state index >= 15 is 0 Å². The van der Waals surface area contributed by atoms with Crippen LogP contribution in [0.25, 0.3) is 16.7 Å². The Morgan fingerprint density at radius 3 is 2.65 bits per heavy atom. The number of nitrogens with zero attached hydrogens (tertiary/aromatic N) is 5. The summed E-state index contributed by atoms with van der Waals surface area (Å²) in [4.78, 5) is 17.5. The lowest BCUT2D eigenvalue weighted by Gasteiger charge is -2.14. The quantitative estimate of drug-likeness (QED) is 0.515. The highest BCUT2D eigenvalue weighted by atomic mass is 19.1. The van der Waals surface area contributed by atoms with E-state index in [1.165, 1.54) is 10.7 Å². The van der Waals surface area contributed by atoms with E-state index in [0.29, 0.717) is 34.5 Å². The van der Waals surface area contributed by atoms with Crippen molar-refractivity contribution in [2.75, 3.05) is 6.54 Å². The number of halogens is 1.